The van der Waals surface area contributed by atoms with Crippen LogP contribution in [-0.4, -0.2) is 4.98 Å². The SMILES string of the molecule is Cc1nc2c(C)c(Br)ccc2c(Cl)c1I. The zero-order valence-electron chi connectivity index (χ0n) is 8.24. The molecule has 15 heavy (non-hydrogen) atoms. The Morgan fingerprint density at radius 1 is 1.33 bits per heavy atom. The van der Waals surface area contributed by atoms with Crippen LogP contribution in [-0.2, 0) is 0 Å². The Labute approximate surface area is 115 Å². The molecule has 0 aliphatic carbocycles. The predicted octanol–water partition coefficient (Wildman–Crippen LogP) is 4.87. The number of hydrogen-bond donors (Lipinski definition) is 0. The minimum absolute atomic E-state index is 0.800. The monoisotopic (exact) mass is 395 g/mol. The molecule has 4 heteroatoms. The van der Waals surface area contributed by atoms with Crippen molar-refractivity contribution >= 4 is 61.0 Å². The van der Waals surface area contributed by atoms with E-state index >= 15 is 0 Å². The first-order valence-electron chi connectivity index (χ1n) is 4.42. The molecule has 0 radical (unpaired) electrons. The van der Waals surface area contributed by atoms with Crippen LogP contribution >= 0.6 is 50.1 Å². The van der Waals surface area contributed by atoms with Crippen LogP contribution in [0.25, 0.3) is 10.9 Å². The normalized spacial score (nSPS) is 11.0. The van der Waals surface area contributed by atoms with Gasteiger partial charge in [0.05, 0.1) is 19.8 Å². The van der Waals surface area contributed by atoms with Crippen LogP contribution in [0.2, 0.25) is 5.02 Å². The fourth-order valence-electron chi connectivity index (χ4n) is 1.49. The highest BCUT2D eigenvalue weighted by Crippen LogP contribution is 2.33. The van der Waals surface area contributed by atoms with Gasteiger partial charge in [-0.05, 0) is 48.1 Å². The molecule has 1 aromatic carbocycles. The van der Waals surface area contributed by atoms with Gasteiger partial charge in [-0.3, -0.25) is 4.98 Å². The Morgan fingerprint density at radius 3 is 2.67 bits per heavy atom. The fraction of sp³-hybridized carbons (Fsp3) is 0.182. The number of fused-ring (bicyclic) bond motifs is 1. The highest BCUT2D eigenvalue weighted by atomic mass is 127. The number of hydrogen-bond acceptors (Lipinski definition) is 1. The van der Waals surface area contributed by atoms with Crippen LogP contribution in [0, 0.1) is 17.4 Å². The molecule has 78 valence electrons. The third-order valence-corrected chi connectivity index (χ3v) is 5.28. The molecule has 0 unspecified atom stereocenters. The molecule has 2 rings (SSSR count). The lowest BCUT2D eigenvalue weighted by atomic mass is 10.1. The van der Waals surface area contributed by atoms with Crippen LogP contribution in [0.5, 0.6) is 0 Å². The van der Waals surface area contributed by atoms with Gasteiger partial charge in [0.25, 0.3) is 0 Å². The van der Waals surface area contributed by atoms with E-state index in [1.54, 1.807) is 0 Å². The quantitative estimate of drug-likeness (QED) is 0.579. The molecule has 0 amide bonds. The molecule has 0 spiro atoms. The average Bonchev–Trinajstić information content (AvgIpc) is 2.21. The number of benzene rings is 1. The van der Waals surface area contributed by atoms with Crippen molar-refractivity contribution in [2.24, 2.45) is 0 Å². The summed E-state index contributed by atoms with van der Waals surface area (Å²) in [6, 6.07) is 4.01. The second-order valence-corrected chi connectivity index (χ2v) is 5.70. The highest BCUT2D eigenvalue weighted by molar-refractivity contribution is 14.1. The molecule has 2 aromatic rings. The average molecular weight is 396 g/mol. The highest BCUT2D eigenvalue weighted by Gasteiger charge is 2.11. The molecular weight excluding hydrogens is 388 g/mol. The first-order chi connectivity index (χ1) is 7.02. The van der Waals surface area contributed by atoms with Gasteiger partial charge in [-0.15, -0.1) is 0 Å². The van der Waals surface area contributed by atoms with Gasteiger partial charge in [-0.25, -0.2) is 0 Å². The Balaban J connectivity index is 2.98. The minimum Gasteiger partial charge on any atom is -0.252 e. The molecular formula is C11H8BrClIN. The molecule has 0 bridgehead atoms. The van der Waals surface area contributed by atoms with Gasteiger partial charge in [0.2, 0.25) is 0 Å². The van der Waals surface area contributed by atoms with Crippen molar-refractivity contribution in [2.75, 3.05) is 0 Å². The summed E-state index contributed by atoms with van der Waals surface area (Å²) >= 11 is 12.0. The Morgan fingerprint density at radius 2 is 2.00 bits per heavy atom. The lowest BCUT2D eigenvalue weighted by molar-refractivity contribution is 1.21. The molecule has 0 aliphatic heterocycles. The van der Waals surface area contributed by atoms with Crippen LogP contribution in [0.4, 0.5) is 0 Å². The summed E-state index contributed by atoms with van der Waals surface area (Å²) in [5, 5.41) is 1.82. The van der Waals surface area contributed by atoms with E-state index in [0.717, 1.165) is 35.2 Å². The van der Waals surface area contributed by atoms with Crippen LogP contribution in [0.3, 0.4) is 0 Å². The second-order valence-electron chi connectivity index (χ2n) is 3.39. The van der Waals surface area contributed by atoms with E-state index in [2.05, 4.69) is 43.5 Å². The smallest absolute Gasteiger partial charge is 0.0761 e. The predicted molar refractivity (Wildman–Crippen MR) is 76.6 cm³/mol. The van der Waals surface area contributed by atoms with Gasteiger partial charge in [0.15, 0.2) is 0 Å². The zero-order valence-corrected chi connectivity index (χ0v) is 12.7. The van der Waals surface area contributed by atoms with Crippen molar-refractivity contribution in [3.8, 4) is 0 Å². The van der Waals surface area contributed by atoms with Crippen molar-refractivity contribution in [3.63, 3.8) is 0 Å². The van der Waals surface area contributed by atoms with Crippen LogP contribution in [0.15, 0.2) is 16.6 Å². The maximum atomic E-state index is 6.29. The van der Waals surface area contributed by atoms with Gasteiger partial charge >= 0.3 is 0 Å². The summed E-state index contributed by atoms with van der Waals surface area (Å²) < 4.78 is 2.10. The molecule has 0 atom stereocenters. The summed E-state index contributed by atoms with van der Waals surface area (Å²) in [5.41, 5.74) is 3.09. The number of nitrogens with zero attached hydrogens (tertiary/aromatic N) is 1. The topological polar surface area (TPSA) is 12.9 Å². The summed E-state index contributed by atoms with van der Waals surface area (Å²) in [4.78, 5) is 4.57. The van der Waals surface area contributed by atoms with E-state index in [1.807, 2.05) is 26.0 Å². The van der Waals surface area contributed by atoms with Crippen molar-refractivity contribution < 1.29 is 0 Å². The molecule has 1 nitrogen and oxygen atoms in total. The third-order valence-electron chi connectivity index (χ3n) is 2.39. The van der Waals surface area contributed by atoms with E-state index in [9.17, 15) is 0 Å². The van der Waals surface area contributed by atoms with Gasteiger partial charge in [0.1, 0.15) is 0 Å². The van der Waals surface area contributed by atoms with E-state index < -0.39 is 0 Å². The Kier molecular flexibility index (Phi) is 3.24. The maximum Gasteiger partial charge on any atom is 0.0761 e. The standard InChI is InChI=1S/C11H8BrClIN/c1-5-8(12)4-3-7-9(13)10(14)6(2)15-11(5)7/h3-4H,1-2H3. The summed E-state index contributed by atoms with van der Waals surface area (Å²) in [6.45, 7) is 4.02. The number of halogens is 3. The summed E-state index contributed by atoms with van der Waals surface area (Å²) in [7, 11) is 0. The van der Waals surface area contributed by atoms with Crippen molar-refractivity contribution in [1.29, 1.82) is 0 Å². The van der Waals surface area contributed by atoms with Gasteiger partial charge in [-0.1, -0.05) is 33.6 Å². The Bertz CT molecular complexity index is 554. The van der Waals surface area contributed by atoms with Crippen molar-refractivity contribution in [2.45, 2.75) is 13.8 Å². The minimum atomic E-state index is 0.800. The first-order valence-corrected chi connectivity index (χ1v) is 6.67. The molecule has 0 saturated carbocycles. The van der Waals surface area contributed by atoms with E-state index in [0.29, 0.717) is 0 Å². The van der Waals surface area contributed by atoms with Gasteiger partial charge in [0, 0.05) is 9.86 Å². The Hall–Kier alpha value is 0.130. The van der Waals surface area contributed by atoms with Crippen molar-refractivity contribution in [3.05, 3.63) is 36.5 Å². The zero-order chi connectivity index (χ0) is 11.2. The second kappa shape index (κ2) is 4.18. The van der Waals surface area contributed by atoms with Crippen LogP contribution < -0.4 is 0 Å². The van der Waals surface area contributed by atoms with Gasteiger partial charge in [-0.2, -0.15) is 0 Å². The number of aryl methyl sites for hydroxylation is 2. The van der Waals surface area contributed by atoms with E-state index in [1.165, 1.54) is 0 Å². The lowest BCUT2D eigenvalue weighted by Crippen LogP contribution is -1.93. The van der Waals surface area contributed by atoms with Gasteiger partial charge < -0.3 is 0 Å². The molecule has 1 aromatic heterocycles. The van der Waals surface area contributed by atoms with E-state index in [-0.39, 0.29) is 0 Å². The lowest BCUT2D eigenvalue weighted by Gasteiger charge is -2.09. The third kappa shape index (κ3) is 1.89. The number of aromatic nitrogens is 1. The first kappa shape index (κ1) is 11.6. The molecule has 0 fully saturated rings. The molecule has 0 aliphatic rings. The number of pyridine rings is 1. The number of rotatable bonds is 0. The molecule has 1 heterocycles. The largest absolute Gasteiger partial charge is 0.252 e. The molecule has 0 N–H and O–H groups in total. The summed E-state index contributed by atoms with van der Waals surface area (Å²) in [5.74, 6) is 0. The van der Waals surface area contributed by atoms with Crippen molar-refractivity contribution in [1.82, 2.24) is 4.98 Å². The van der Waals surface area contributed by atoms with Crippen LogP contribution in [0.1, 0.15) is 11.3 Å². The van der Waals surface area contributed by atoms with E-state index in [4.69, 9.17) is 11.6 Å². The maximum absolute atomic E-state index is 6.29. The summed E-state index contributed by atoms with van der Waals surface area (Å²) in [6.07, 6.45) is 0. The fourth-order valence-corrected chi connectivity index (χ4v) is 2.51. The molecule has 0 saturated heterocycles.